The van der Waals surface area contributed by atoms with Crippen LogP contribution in [0.4, 0.5) is 0 Å². The summed E-state index contributed by atoms with van der Waals surface area (Å²) in [6.07, 6.45) is 39.4. The first-order valence-corrected chi connectivity index (χ1v) is 21.8. The van der Waals surface area contributed by atoms with Crippen LogP contribution in [0.1, 0.15) is 168 Å². The lowest BCUT2D eigenvalue weighted by molar-refractivity contribution is -0.870. The third-order valence-corrected chi connectivity index (χ3v) is 9.79. The molecule has 0 aliphatic carbocycles. The summed E-state index contributed by atoms with van der Waals surface area (Å²) in [6.45, 7) is 4.53. The molecule has 8 nitrogen and oxygen atoms in total. The van der Waals surface area contributed by atoms with Crippen LogP contribution in [-0.2, 0) is 18.4 Å². The zero-order valence-corrected chi connectivity index (χ0v) is 34.0. The topological polar surface area (TPSA) is 108 Å². The fourth-order valence-electron chi connectivity index (χ4n) is 5.54. The molecule has 0 heterocycles. The minimum atomic E-state index is -4.58. The number of allylic oxidation sites excluding steroid dienone is 5. The third kappa shape index (κ3) is 35.1. The molecule has 2 N–H and O–H groups in total. The summed E-state index contributed by atoms with van der Waals surface area (Å²) in [6, 6.07) is -0.902. The van der Waals surface area contributed by atoms with Gasteiger partial charge in [0.2, 0.25) is 5.91 Å². The first-order chi connectivity index (χ1) is 24.0. The number of unbranched alkanes of at least 4 members (excludes halogenated alkanes) is 19. The minimum absolute atomic E-state index is 0.00886. The van der Waals surface area contributed by atoms with Gasteiger partial charge in [0.15, 0.2) is 0 Å². The van der Waals surface area contributed by atoms with Crippen LogP contribution in [0.5, 0.6) is 0 Å². The summed E-state index contributed by atoms with van der Waals surface area (Å²) >= 11 is 0. The lowest BCUT2D eigenvalue weighted by Gasteiger charge is -2.29. The Balaban J connectivity index is 4.36. The molecule has 3 unspecified atom stereocenters. The van der Waals surface area contributed by atoms with Crippen LogP contribution in [0.25, 0.3) is 0 Å². The van der Waals surface area contributed by atoms with E-state index in [4.69, 9.17) is 9.05 Å². The van der Waals surface area contributed by atoms with Gasteiger partial charge in [0.25, 0.3) is 7.82 Å². The summed E-state index contributed by atoms with van der Waals surface area (Å²) < 4.78 is 23.0. The van der Waals surface area contributed by atoms with Crippen LogP contribution in [0.3, 0.4) is 0 Å². The summed E-state index contributed by atoms with van der Waals surface area (Å²) in [4.78, 5) is 25.0. The van der Waals surface area contributed by atoms with Gasteiger partial charge in [0, 0.05) is 6.42 Å². The number of phosphoric acid groups is 1. The van der Waals surface area contributed by atoms with E-state index in [0.717, 1.165) is 51.4 Å². The van der Waals surface area contributed by atoms with Gasteiger partial charge in [-0.1, -0.05) is 153 Å². The Bertz CT molecular complexity index is 917. The van der Waals surface area contributed by atoms with Crippen molar-refractivity contribution in [2.24, 2.45) is 0 Å². The molecule has 0 saturated carbocycles. The minimum Gasteiger partial charge on any atom is -0.756 e. The van der Waals surface area contributed by atoms with E-state index in [-0.39, 0.29) is 12.5 Å². The Labute approximate surface area is 308 Å². The highest BCUT2D eigenvalue weighted by molar-refractivity contribution is 7.45. The Hall–Kier alpha value is -1.28. The second kappa shape index (κ2) is 33.5. The summed E-state index contributed by atoms with van der Waals surface area (Å²) in [5.74, 6) is -0.223. The molecule has 0 fully saturated rings. The molecule has 0 spiro atoms. The average molecular weight is 727 g/mol. The molecule has 0 radical (unpaired) electrons. The van der Waals surface area contributed by atoms with Crippen LogP contribution >= 0.6 is 7.82 Å². The Kier molecular flexibility index (Phi) is 32.7. The molecule has 0 rings (SSSR count). The fourth-order valence-corrected chi connectivity index (χ4v) is 6.26. The van der Waals surface area contributed by atoms with Gasteiger partial charge in [-0.05, 0) is 44.9 Å². The van der Waals surface area contributed by atoms with Crippen LogP contribution in [-0.4, -0.2) is 68.5 Å². The van der Waals surface area contributed by atoms with Gasteiger partial charge < -0.3 is 28.8 Å². The molecule has 3 atom stereocenters. The molecule has 294 valence electrons. The molecule has 0 aliphatic heterocycles. The van der Waals surface area contributed by atoms with Crippen LogP contribution in [0, 0.1) is 0 Å². The number of nitrogens with zero attached hydrogens (tertiary/aromatic N) is 1. The maximum Gasteiger partial charge on any atom is 0.268 e. The standard InChI is InChI=1S/C41H79N2O6P/c1-6-8-10-12-14-15-16-17-18-19-20-21-22-23-24-25-26-27-28-29-30-32-34-40(44)39(42-41(45)35-33-31-13-11-9-7-2)38-49-50(46,47)48-37-36-43(3,4)5/h23-24,27-28,32,34,39-40,44H,6-22,25-26,29-31,33,35-38H2,1-5H3,(H-,42,45,46,47)/b24-23+,28-27+,34-32+. The van der Waals surface area contributed by atoms with Gasteiger partial charge in [-0.25, -0.2) is 0 Å². The van der Waals surface area contributed by atoms with Crippen molar-refractivity contribution in [3.63, 3.8) is 0 Å². The summed E-state index contributed by atoms with van der Waals surface area (Å²) in [5, 5.41) is 13.6. The molecular weight excluding hydrogens is 647 g/mol. The van der Waals surface area contributed by atoms with E-state index in [0.29, 0.717) is 17.4 Å². The second-order valence-electron chi connectivity index (χ2n) is 15.0. The molecule has 0 aromatic carbocycles. The van der Waals surface area contributed by atoms with Crippen molar-refractivity contribution in [2.45, 2.75) is 180 Å². The van der Waals surface area contributed by atoms with E-state index in [2.05, 4.69) is 43.5 Å². The van der Waals surface area contributed by atoms with E-state index < -0.39 is 26.6 Å². The highest BCUT2D eigenvalue weighted by atomic mass is 31.2. The first-order valence-electron chi connectivity index (χ1n) is 20.4. The van der Waals surface area contributed by atoms with E-state index in [1.54, 1.807) is 6.08 Å². The highest BCUT2D eigenvalue weighted by Crippen LogP contribution is 2.38. The van der Waals surface area contributed by atoms with Crippen molar-refractivity contribution >= 4 is 13.7 Å². The monoisotopic (exact) mass is 727 g/mol. The van der Waals surface area contributed by atoms with Gasteiger partial charge in [-0.2, -0.15) is 0 Å². The van der Waals surface area contributed by atoms with Gasteiger partial charge in [-0.3, -0.25) is 9.36 Å². The van der Waals surface area contributed by atoms with Crippen LogP contribution in [0.15, 0.2) is 36.5 Å². The number of aliphatic hydroxyl groups is 1. The molecule has 0 aromatic heterocycles. The number of hydrogen-bond acceptors (Lipinski definition) is 6. The molecule has 0 saturated heterocycles. The second-order valence-corrected chi connectivity index (χ2v) is 16.4. The maximum absolute atomic E-state index is 12.6. The summed E-state index contributed by atoms with van der Waals surface area (Å²) in [7, 11) is 1.23. The SMILES string of the molecule is CCCCCCCCCCCCCC/C=C/CC/C=C/CC/C=C/C(O)C(COP(=O)([O-])OCC[N+](C)(C)C)NC(=O)CCCCCCCC. The van der Waals surface area contributed by atoms with Crippen molar-refractivity contribution in [1.29, 1.82) is 0 Å². The van der Waals surface area contributed by atoms with Gasteiger partial charge in [-0.15, -0.1) is 0 Å². The lowest BCUT2D eigenvalue weighted by atomic mass is 10.0. The number of likely N-dealkylation sites (N-methyl/N-ethyl adjacent to an activating group) is 1. The smallest absolute Gasteiger partial charge is 0.268 e. The number of rotatable bonds is 36. The quantitative estimate of drug-likeness (QED) is 0.0288. The first kappa shape index (κ1) is 48.7. The number of carbonyl (C=O) groups is 1. The molecule has 0 bridgehead atoms. The normalized spacial score (nSPS) is 14.9. The van der Waals surface area contributed by atoms with E-state index in [1.165, 1.54) is 96.3 Å². The molecule has 0 aliphatic rings. The molecule has 9 heteroatoms. The van der Waals surface area contributed by atoms with Crippen molar-refractivity contribution in [1.82, 2.24) is 5.32 Å². The third-order valence-electron chi connectivity index (χ3n) is 8.83. The van der Waals surface area contributed by atoms with Gasteiger partial charge in [0.1, 0.15) is 13.2 Å². The number of carbonyl (C=O) groups excluding carboxylic acids is 1. The largest absolute Gasteiger partial charge is 0.756 e. The van der Waals surface area contributed by atoms with Crippen molar-refractivity contribution in [3.05, 3.63) is 36.5 Å². The summed E-state index contributed by atoms with van der Waals surface area (Å²) in [5.41, 5.74) is 0. The van der Waals surface area contributed by atoms with Gasteiger partial charge in [0.05, 0.1) is 39.9 Å². The highest BCUT2D eigenvalue weighted by Gasteiger charge is 2.23. The number of aliphatic hydroxyl groups excluding tert-OH is 1. The Morgan fingerprint density at radius 1 is 0.680 bits per heavy atom. The molecular formula is C41H79N2O6P. The average Bonchev–Trinajstić information content (AvgIpc) is 3.06. The van der Waals surface area contributed by atoms with E-state index in [1.807, 2.05) is 27.2 Å². The zero-order valence-electron chi connectivity index (χ0n) is 33.1. The van der Waals surface area contributed by atoms with Crippen LogP contribution < -0.4 is 10.2 Å². The fraction of sp³-hybridized carbons (Fsp3) is 0.829. The van der Waals surface area contributed by atoms with Gasteiger partial charge >= 0.3 is 0 Å². The number of amides is 1. The number of nitrogens with one attached hydrogen (secondary N) is 1. The Morgan fingerprint density at radius 3 is 1.62 bits per heavy atom. The van der Waals surface area contributed by atoms with Crippen molar-refractivity contribution < 1.29 is 32.9 Å². The van der Waals surface area contributed by atoms with Crippen molar-refractivity contribution in [2.75, 3.05) is 40.9 Å². The predicted octanol–water partition coefficient (Wildman–Crippen LogP) is 10.1. The number of phosphoric ester groups is 1. The lowest BCUT2D eigenvalue weighted by Crippen LogP contribution is -2.45. The molecule has 50 heavy (non-hydrogen) atoms. The maximum atomic E-state index is 12.6. The molecule has 0 aromatic rings. The molecule has 1 amide bonds. The van der Waals surface area contributed by atoms with Crippen molar-refractivity contribution in [3.8, 4) is 0 Å². The predicted molar refractivity (Wildman–Crippen MR) is 210 cm³/mol. The number of hydrogen-bond donors (Lipinski definition) is 2. The van der Waals surface area contributed by atoms with E-state index >= 15 is 0 Å². The number of quaternary nitrogens is 1. The van der Waals surface area contributed by atoms with E-state index in [9.17, 15) is 19.4 Å². The van der Waals surface area contributed by atoms with Crippen LogP contribution in [0.2, 0.25) is 0 Å². The Morgan fingerprint density at radius 2 is 1.12 bits per heavy atom. The zero-order chi connectivity index (χ0) is 37.2.